The van der Waals surface area contributed by atoms with Crippen molar-refractivity contribution in [2.75, 3.05) is 6.54 Å². The highest BCUT2D eigenvalue weighted by Gasteiger charge is 2.42. The van der Waals surface area contributed by atoms with Gasteiger partial charge in [0.15, 0.2) is 0 Å². The van der Waals surface area contributed by atoms with Gasteiger partial charge in [-0.3, -0.25) is 0 Å². The summed E-state index contributed by atoms with van der Waals surface area (Å²) in [5, 5.41) is 12.4. The Labute approximate surface area is 110 Å². The third kappa shape index (κ3) is 2.94. The summed E-state index contributed by atoms with van der Waals surface area (Å²) in [7, 11) is 0. The lowest BCUT2D eigenvalue weighted by Gasteiger charge is -2.15. The van der Waals surface area contributed by atoms with E-state index in [-0.39, 0.29) is 5.41 Å². The second-order valence-corrected chi connectivity index (χ2v) is 5.47. The van der Waals surface area contributed by atoms with Gasteiger partial charge in [-0.2, -0.15) is 5.26 Å². The topological polar surface area (TPSA) is 40.8 Å². The molecule has 1 N–H and O–H groups in total. The number of nitrogens with zero attached hydrogens (tertiary/aromatic N) is 2. The number of hydrogen-bond donors (Lipinski definition) is 1. The summed E-state index contributed by atoms with van der Waals surface area (Å²) in [6.07, 6.45) is 8.63. The lowest BCUT2D eigenvalue weighted by molar-refractivity contribution is 0.431. The van der Waals surface area contributed by atoms with Crippen LogP contribution in [0.5, 0.6) is 0 Å². The van der Waals surface area contributed by atoms with Crippen LogP contribution in [0.15, 0.2) is 18.5 Å². The lowest BCUT2D eigenvalue weighted by atomic mass is 10.0. The lowest BCUT2D eigenvalue weighted by Crippen LogP contribution is -2.19. The van der Waals surface area contributed by atoms with Crippen LogP contribution in [0.4, 0.5) is 0 Å². The molecule has 3 nitrogen and oxygen atoms in total. The Morgan fingerprint density at radius 2 is 2.28 bits per heavy atom. The molecule has 1 aromatic heterocycles. The molecule has 1 fully saturated rings. The summed E-state index contributed by atoms with van der Waals surface area (Å²) in [5.74, 6) is 0. The molecule has 0 radical (unpaired) electrons. The molecule has 0 saturated heterocycles. The molecular formula is C15H23N3. The molecule has 3 heteroatoms. The van der Waals surface area contributed by atoms with E-state index in [4.69, 9.17) is 5.26 Å². The zero-order valence-corrected chi connectivity index (χ0v) is 11.4. The van der Waals surface area contributed by atoms with E-state index in [0.717, 1.165) is 19.5 Å². The Bertz CT molecular complexity index is 423. The maximum atomic E-state index is 8.85. The van der Waals surface area contributed by atoms with Gasteiger partial charge in [-0.15, -0.1) is 0 Å². The highest BCUT2D eigenvalue weighted by atomic mass is 15.0. The van der Waals surface area contributed by atoms with Gasteiger partial charge in [-0.05, 0) is 37.4 Å². The molecule has 0 aromatic carbocycles. The number of hydrogen-bond acceptors (Lipinski definition) is 2. The third-order valence-electron chi connectivity index (χ3n) is 3.96. The summed E-state index contributed by atoms with van der Waals surface area (Å²) in [6.45, 7) is 6.36. The Balaban J connectivity index is 2.00. The van der Waals surface area contributed by atoms with Gasteiger partial charge in [0.25, 0.3) is 0 Å². The van der Waals surface area contributed by atoms with Crippen molar-refractivity contribution in [1.82, 2.24) is 9.88 Å². The highest BCUT2D eigenvalue weighted by molar-refractivity contribution is 5.16. The number of nitriles is 1. The van der Waals surface area contributed by atoms with Crippen molar-refractivity contribution in [3.8, 4) is 6.07 Å². The van der Waals surface area contributed by atoms with Gasteiger partial charge in [0, 0.05) is 36.8 Å². The Kier molecular flexibility index (Phi) is 4.08. The molecule has 2 rings (SSSR count). The molecule has 0 spiro atoms. The van der Waals surface area contributed by atoms with Gasteiger partial charge in [0.05, 0.1) is 6.07 Å². The normalized spacial score (nSPS) is 18.3. The molecule has 1 atom stereocenters. The Hall–Kier alpha value is -1.27. The van der Waals surface area contributed by atoms with E-state index >= 15 is 0 Å². The van der Waals surface area contributed by atoms with E-state index in [1.54, 1.807) is 0 Å². The average Bonchev–Trinajstić information content (AvgIpc) is 2.95. The van der Waals surface area contributed by atoms with Crippen LogP contribution in [0.1, 0.15) is 51.1 Å². The zero-order valence-electron chi connectivity index (χ0n) is 11.4. The molecule has 1 aliphatic rings. The number of rotatable bonds is 7. The standard InChI is InChI=1S/C15H23N3/c1-3-14(17-4-2)13-5-10-18(11-13)12-15(6-7-15)8-9-16/h5,10-11,14,17H,3-4,6-8,12H2,1-2H3. The van der Waals surface area contributed by atoms with E-state index in [1.807, 2.05) is 0 Å². The van der Waals surface area contributed by atoms with Crippen LogP contribution in [0.25, 0.3) is 0 Å². The van der Waals surface area contributed by atoms with E-state index in [0.29, 0.717) is 12.5 Å². The summed E-state index contributed by atoms with van der Waals surface area (Å²) in [4.78, 5) is 0. The van der Waals surface area contributed by atoms with E-state index in [1.165, 1.54) is 18.4 Å². The summed E-state index contributed by atoms with van der Waals surface area (Å²) >= 11 is 0. The first-order valence-electron chi connectivity index (χ1n) is 6.99. The van der Waals surface area contributed by atoms with Crippen LogP contribution in [0.2, 0.25) is 0 Å². The van der Waals surface area contributed by atoms with Gasteiger partial charge in [-0.25, -0.2) is 0 Å². The molecular weight excluding hydrogens is 222 g/mol. The maximum absolute atomic E-state index is 8.85. The molecule has 0 amide bonds. The smallest absolute Gasteiger partial charge is 0.0628 e. The third-order valence-corrected chi connectivity index (χ3v) is 3.96. The Morgan fingerprint density at radius 1 is 1.50 bits per heavy atom. The molecule has 98 valence electrons. The fourth-order valence-electron chi connectivity index (χ4n) is 2.63. The van der Waals surface area contributed by atoms with Crippen molar-refractivity contribution in [3.05, 3.63) is 24.0 Å². The van der Waals surface area contributed by atoms with Crippen molar-refractivity contribution in [3.63, 3.8) is 0 Å². The molecule has 18 heavy (non-hydrogen) atoms. The number of aromatic nitrogens is 1. The van der Waals surface area contributed by atoms with Crippen LogP contribution in [-0.2, 0) is 6.54 Å². The predicted octanol–water partition coefficient (Wildman–Crippen LogP) is 3.24. The van der Waals surface area contributed by atoms with E-state index < -0.39 is 0 Å². The minimum absolute atomic E-state index is 0.283. The largest absolute Gasteiger partial charge is 0.353 e. The predicted molar refractivity (Wildman–Crippen MR) is 73.0 cm³/mol. The Morgan fingerprint density at radius 3 is 2.83 bits per heavy atom. The van der Waals surface area contributed by atoms with Crippen molar-refractivity contribution >= 4 is 0 Å². The second-order valence-electron chi connectivity index (χ2n) is 5.47. The average molecular weight is 245 g/mol. The summed E-state index contributed by atoms with van der Waals surface area (Å²) in [5.41, 5.74) is 1.65. The monoisotopic (exact) mass is 245 g/mol. The fourth-order valence-corrected chi connectivity index (χ4v) is 2.63. The van der Waals surface area contributed by atoms with Crippen LogP contribution < -0.4 is 5.32 Å². The van der Waals surface area contributed by atoms with Crippen molar-refractivity contribution < 1.29 is 0 Å². The second kappa shape index (κ2) is 5.58. The first-order chi connectivity index (χ1) is 8.73. The molecule has 1 aromatic rings. The van der Waals surface area contributed by atoms with E-state index in [2.05, 4.69) is 48.3 Å². The summed E-state index contributed by atoms with van der Waals surface area (Å²) in [6, 6.07) is 4.99. The van der Waals surface area contributed by atoms with Crippen LogP contribution in [0.3, 0.4) is 0 Å². The molecule has 1 aliphatic carbocycles. The molecule has 0 bridgehead atoms. The molecule has 0 aliphatic heterocycles. The van der Waals surface area contributed by atoms with Crippen LogP contribution in [0, 0.1) is 16.7 Å². The maximum Gasteiger partial charge on any atom is 0.0628 e. The highest BCUT2D eigenvalue weighted by Crippen LogP contribution is 2.50. The summed E-state index contributed by atoms with van der Waals surface area (Å²) < 4.78 is 2.26. The SMILES string of the molecule is CCNC(CC)c1ccn(CC2(CC#N)CC2)c1. The van der Waals surface area contributed by atoms with Gasteiger partial charge in [0.1, 0.15) is 0 Å². The van der Waals surface area contributed by atoms with Crippen LogP contribution in [-0.4, -0.2) is 11.1 Å². The molecule has 1 unspecified atom stereocenters. The van der Waals surface area contributed by atoms with Gasteiger partial charge in [-0.1, -0.05) is 13.8 Å². The van der Waals surface area contributed by atoms with Crippen molar-refractivity contribution in [2.45, 2.75) is 52.1 Å². The minimum atomic E-state index is 0.283. The van der Waals surface area contributed by atoms with Crippen LogP contribution >= 0.6 is 0 Å². The van der Waals surface area contributed by atoms with Gasteiger partial charge >= 0.3 is 0 Å². The quantitative estimate of drug-likeness (QED) is 0.801. The molecule has 1 saturated carbocycles. The van der Waals surface area contributed by atoms with Crippen molar-refractivity contribution in [1.29, 1.82) is 5.26 Å². The fraction of sp³-hybridized carbons (Fsp3) is 0.667. The van der Waals surface area contributed by atoms with Gasteiger partial charge < -0.3 is 9.88 Å². The first kappa shape index (κ1) is 13.2. The van der Waals surface area contributed by atoms with E-state index in [9.17, 15) is 0 Å². The first-order valence-corrected chi connectivity index (χ1v) is 6.99. The van der Waals surface area contributed by atoms with Gasteiger partial charge in [0.2, 0.25) is 0 Å². The van der Waals surface area contributed by atoms with Crippen molar-refractivity contribution in [2.24, 2.45) is 5.41 Å². The number of nitrogens with one attached hydrogen (secondary N) is 1. The minimum Gasteiger partial charge on any atom is -0.353 e. The zero-order chi connectivity index (χ0) is 13.0. The molecule has 1 heterocycles.